The zero-order valence-corrected chi connectivity index (χ0v) is 9.97. The van der Waals surface area contributed by atoms with Crippen molar-refractivity contribution in [2.45, 2.75) is 6.92 Å². The van der Waals surface area contributed by atoms with E-state index in [9.17, 15) is 17.8 Å². The molecular formula is C5H13N2O6PS. The number of sulfonamides is 1. The summed E-state index contributed by atoms with van der Waals surface area (Å²) in [7, 11) is -7.33. The van der Waals surface area contributed by atoms with Crippen molar-refractivity contribution in [2.24, 2.45) is 0 Å². The summed E-state index contributed by atoms with van der Waals surface area (Å²) in [5, 5.41) is 0. The largest absolute Gasteiger partial charge is 0.341 e. The number of carbonyl (C=O) groups is 1. The van der Waals surface area contributed by atoms with Gasteiger partial charge in [0.25, 0.3) is 0 Å². The van der Waals surface area contributed by atoms with Crippen LogP contribution in [0.2, 0.25) is 0 Å². The van der Waals surface area contributed by atoms with Gasteiger partial charge in [0.2, 0.25) is 15.9 Å². The Bertz CT molecular complexity index is 360. The molecule has 8 nitrogen and oxygen atoms in total. The van der Waals surface area contributed by atoms with E-state index < -0.39 is 30.1 Å². The molecule has 0 aliphatic carbocycles. The lowest BCUT2D eigenvalue weighted by atomic mass is 10.7. The second-order valence-electron chi connectivity index (χ2n) is 2.64. The van der Waals surface area contributed by atoms with Gasteiger partial charge in [-0.05, 0) is 6.92 Å². The van der Waals surface area contributed by atoms with Gasteiger partial charge in [0, 0.05) is 6.66 Å². The van der Waals surface area contributed by atoms with Gasteiger partial charge in [-0.25, -0.2) is 13.0 Å². The van der Waals surface area contributed by atoms with Gasteiger partial charge in [-0.1, -0.05) is 0 Å². The first-order valence-electron chi connectivity index (χ1n) is 3.91. The molecule has 0 bridgehead atoms. The fourth-order valence-electron chi connectivity index (χ4n) is 0.499. The van der Waals surface area contributed by atoms with Crippen LogP contribution in [-0.4, -0.2) is 38.2 Å². The van der Waals surface area contributed by atoms with Crippen molar-refractivity contribution in [3.63, 3.8) is 0 Å². The Labute approximate surface area is 87.5 Å². The highest BCUT2D eigenvalue weighted by Crippen LogP contribution is 2.34. The molecule has 0 spiro atoms. The first-order chi connectivity index (χ1) is 6.66. The minimum absolute atomic E-state index is 0.230. The van der Waals surface area contributed by atoms with Gasteiger partial charge < -0.3 is 4.89 Å². The third kappa shape index (κ3) is 8.52. The number of amides is 1. The number of rotatable bonds is 6. The van der Waals surface area contributed by atoms with Crippen molar-refractivity contribution in [2.75, 3.05) is 19.0 Å². The van der Waals surface area contributed by atoms with Gasteiger partial charge >= 0.3 is 7.60 Å². The Balaban J connectivity index is 3.93. The van der Waals surface area contributed by atoms with Crippen LogP contribution in [0.4, 0.5) is 0 Å². The van der Waals surface area contributed by atoms with E-state index in [0.29, 0.717) is 0 Å². The Morgan fingerprint density at radius 1 is 1.53 bits per heavy atom. The minimum atomic E-state index is -3.72. The van der Waals surface area contributed by atoms with Gasteiger partial charge in [0.15, 0.2) is 0 Å². The molecule has 15 heavy (non-hydrogen) atoms. The average molecular weight is 260 g/mol. The van der Waals surface area contributed by atoms with Crippen LogP contribution < -0.4 is 10.2 Å². The lowest BCUT2D eigenvalue weighted by Crippen LogP contribution is -2.38. The molecule has 1 amide bonds. The molecule has 0 aliphatic rings. The topological polar surface area (TPSA) is 122 Å². The lowest BCUT2D eigenvalue weighted by molar-refractivity contribution is -0.119. The molecule has 0 rings (SSSR count). The summed E-state index contributed by atoms with van der Waals surface area (Å²) >= 11 is 0. The Morgan fingerprint density at radius 2 is 2.07 bits per heavy atom. The molecule has 1 unspecified atom stereocenters. The maximum atomic E-state index is 10.9. The summed E-state index contributed by atoms with van der Waals surface area (Å²) in [6, 6.07) is 0. The summed E-state index contributed by atoms with van der Waals surface area (Å²) in [5.41, 5.74) is 1.88. The van der Waals surface area contributed by atoms with Gasteiger partial charge in [0.1, 0.15) is 6.54 Å². The quantitative estimate of drug-likeness (QED) is 0.404. The van der Waals surface area contributed by atoms with Crippen LogP contribution in [0.1, 0.15) is 6.92 Å². The van der Waals surface area contributed by atoms with Crippen molar-refractivity contribution in [3.8, 4) is 0 Å². The van der Waals surface area contributed by atoms with Crippen LogP contribution >= 0.6 is 7.60 Å². The van der Waals surface area contributed by atoms with Gasteiger partial charge in [-0.15, -0.1) is 0 Å². The molecule has 0 aromatic carbocycles. The molecule has 3 N–H and O–H groups in total. The monoisotopic (exact) mass is 260 g/mol. The number of hydroxylamine groups is 1. The van der Waals surface area contributed by atoms with Gasteiger partial charge in [0.05, 0.1) is 5.75 Å². The molecule has 0 aromatic rings. The smallest absolute Gasteiger partial charge is 0.324 e. The molecule has 90 valence electrons. The fourth-order valence-corrected chi connectivity index (χ4v) is 1.37. The van der Waals surface area contributed by atoms with Crippen molar-refractivity contribution in [1.82, 2.24) is 10.2 Å². The second-order valence-corrected chi connectivity index (χ2v) is 6.44. The van der Waals surface area contributed by atoms with E-state index in [1.54, 1.807) is 4.72 Å². The molecule has 0 fully saturated rings. The number of carbonyl (C=O) groups excluding carboxylic acids is 1. The molecule has 10 heteroatoms. The third-order valence-electron chi connectivity index (χ3n) is 1.12. The molecule has 0 saturated heterocycles. The van der Waals surface area contributed by atoms with E-state index in [4.69, 9.17) is 4.89 Å². The predicted octanol–water partition coefficient (Wildman–Crippen LogP) is -1.21. The fraction of sp³-hybridized carbons (Fsp3) is 0.800. The summed E-state index contributed by atoms with van der Waals surface area (Å²) in [6.07, 6.45) is 0. The molecular weight excluding hydrogens is 247 g/mol. The summed E-state index contributed by atoms with van der Waals surface area (Å²) in [5.74, 6) is -1.10. The van der Waals surface area contributed by atoms with Crippen LogP contribution in [-0.2, 0) is 24.0 Å². The van der Waals surface area contributed by atoms with E-state index in [1.165, 1.54) is 6.92 Å². The summed E-state index contributed by atoms with van der Waals surface area (Å²) in [6.45, 7) is 1.76. The molecule has 0 aromatic heterocycles. The lowest BCUT2D eigenvalue weighted by Gasteiger charge is -2.07. The Morgan fingerprint density at radius 3 is 2.47 bits per heavy atom. The van der Waals surface area contributed by atoms with Crippen LogP contribution in [0.25, 0.3) is 0 Å². The van der Waals surface area contributed by atoms with Crippen LogP contribution in [0.5, 0.6) is 0 Å². The van der Waals surface area contributed by atoms with Gasteiger partial charge in [-0.2, -0.15) is 5.48 Å². The summed E-state index contributed by atoms with van der Waals surface area (Å²) < 4.78 is 38.2. The number of hydrogen-bond acceptors (Lipinski definition) is 6. The van der Waals surface area contributed by atoms with Crippen LogP contribution in [0.15, 0.2) is 0 Å². The molecule has 1 atom stereocenters. The maximum Gasteiger partial charge on any atom is 0.341 e. The Hall–Kier alpha value is -0.470. The first kappa shape index (κ1) is 14.5. The highest BCUT2D eigenvalue weighted by Gasteiger charge is 2.14. The Kier molecular flexibility index (Phi) is 5.39. The SMILES string of the molecule is CCS(=O)(=O)NC(=O)CNOP(C)(=O)O. The first-order valence-corrected chi connectivity index (χ1v) is 7.59. The van der Waals surface area contributed by atoms with Gasteiger partial charge in [-0.3, -0.25) is 14.1 Å². The highest BCUT2D eigenvalue weighted by atomic mass is 32.2. The number of hydrogen-bond donors (Lipinski definition) is 3. The zero-order valence-electron chi connectivity index (χ0n) is 8.26. The van der Waals surface area contributed by atoms with E-state index in [-0.39, 0.29) is 5.75 Å². The molecule has 0 aliphatic heterocycles. The molecule has 0 heterocycles. The standard InChI is InChI=1S/C5H13N2O6PS/c1-3-15(11,12)7-5(8)4-6-13-14(2,9)10/h6H,3-4H2,1-2H3,(H,7,8)(H,9,10). The maximum absolute atomic E-state index is 10.9. The van der Waals surface area contributed by atoms with E-state index >= 15 is 0 Å². The normalized spacial score (nSPS) is 15.7. The molecule has 0 saturated carbocycles. The van der Waals surface area contributed by atoms with Crippen molar-refractivity contribution in [1.29, 1.82) is 0 Å². The van der Waals surface area contributed by atoms with Crippen molar-refractivity contribution in [3.05, 3.63) is 0 Å². The minimum Gasteiger partial charge on any atom is -0.324 e. The third-order valence-corrected chi connectivity index (χ3v) is 2.88. The van der Waals surface area contributed by atoms with Crippen LogP contribution in [0.3, 0.4) is 0 Å². The van der Waals surface area contributed by atoms with Crippen molar-refractivity contribution >= 4 is 23.5 Å². The van der Waals surface area contributed by atoms with E-state index in [0.717, 1.165) is 6.66 Å². The highest BCUT2D eigenvalue weighted by molar-refractivity contribution is 7.90. The zero-order chi connectivity index (χ0) is 12.1. The predicted molar refractivity (Wildman–Crippen MR) is 52.4 cm³/mol. The van der Waals surface area contributed by atoms with Crippen molar-refractivity contribution < 1.29 is 27.3 Å². The summed E-state index contributed by atoms with van der Waals surface area (Å²) in [4.78, 5) is 19.5. The second kappa shape index (κ2) is 5.57. The average Bonchev–Trinajstić information content (AvgIpc) is 2.00. The van der Waals surface area contributed by atoms with E-state index in [2.05, 4.69) is 4.62 Å². The number of nitrogens with one attached hydrogen (secondary N) is 2. The van der Waals surface area contributed by atoms with E-state index in [1.807, 2.05) is 5.48 Å². The van der Waals surface area contributed by atoms with Crippen LogP contribution in [0, 0.1) is 0 Å². The molecule has 0 radical (unpaired) electrons.